The van der Waals surface area contributed by atoms with Crippen LogP contribution in [0, 0.1) is 5.92 Å². The van der Waals surface area contributed by atoms with Crippen molar-refractivity contribution in [1.29, 1.82) is 0 Å². The molecule has 5 nitrogen and oxygen atoms in total. The number of nitrogens with zero attached hydrogens (tertiary/aromatic N) is 1. The minimum atomic E-state index is 0.120. The molecule has 0 spiro atoms. The molecule has 3 rings (SSSR count). The van der Waals surface area contributed by atoms with Gasteiger partial charge >= 0.3 is 0 Å². The summed E-state index contributed by atoms with van der Waals surface area (Å²) in [4.78, 5) is 14.6. The molecule has 1 aromatic carbocycles. The van der Waals surface area contributed by atoms with E-state index >= 15 is 0 Å². The summed E-state index contributed by atoms with van der Waals surface area (Å²) < 4.78 is 5.60. The van der Waals surface area contributed by atoms with Gasteiger partial charge in [-0.15, -0.1) is 0 Å². The summed E-state index contributed by atoms with van der Waals surface area (Å²) in [6, 6.07) is 8.70. The summed E-state index contributed by atoms with van der Waals surface area (Å²) >= 11 is 0. The van der Waals surface area contributed by atoms with Crippen LogP contribution in [0.5, 0.6) is 0 Å². The molecule has 1 aliphatic heterocycles. The van der Waals surface area contributed by atoms with E-state index in [0.717, 1.165) is 51.1 Å². The first-order chi connectivity index (χ1) is 12.1. The van der Waals surface area contributed by atoms with Crippen molar-refractivity contribution in [2.75, 3.05) is 19.7 Å². The lowest BCUT2D eigenvalue weighted by molar-refractivity contribution is -0.122. The van der Waals surface area contributed by atoms with Crippen molar-refractivity contribution in [1.82, 2.24) is 10.2 Å². The monoisotopic (exact) mass is 345 g/mol. The van der Waals surface area contributed by atoms with Crippen molar-refractivity contribution in [2.24, 2.45) is 11.7 Å². The van der Waals surface area contributed by atoms with Gasteiger partial charge in [-0.2, -0.15) is 0 Å². The van der Waals surface area contributed by atoms with Gasteiger partial charge < -0.3 is 15.8 Å². The number of ether oxygens (including phenoxy) is 1. The highest BCUT2D eigenvalue weighted by Gasteiger charge is 2.25. The Hall–Kier alpha value is -1.43. The molecule has 2 fully saturated rings. The first-order valence-electron chi connectivity index (χ1n) is 9.54. The van der Waals surface area contributed by atoms with Gasteiger partial charge in [-0.05, 0) is 36.8 Å². The number of nitrogens with one attached hydrogen (secondary N) is 1. The maximum Gasteiger partial charge on any atom is 0.220 e. The predicted molar refractivity (Wildman–Crippen MR) is 98.9 cm³/mol. The standard InChI is InChI=1S/C20H31N3O2/c1-15-13-23(8-9-25-15)14-17-5-2-4-16(10-17)12-22-20(24)11-18-6-3-7-19(18)21/h2,4-5,10,15,18-19H,3,6-9,11-14,21H2,1H3,(H,22,24)/t15?,18-,19+/m0/s1. The van der Waals surface area contributed by atoms with Gasteiger partial charge in [-0.25, -0.2) is 0 Å². The van der Waals surface area contributed by atoms with Gasteiger partial charge in [0.2, 0.25) is 5.91 Å². The van der Waals surface area contributed by atoms with Gasteiger partial charge in [0.05, 0.1) is 12.7 Å². The summed E-state index contributed by atoms with van der Waals surface area (Å²) in [5.41, 5.74) is 8.51. The predicted octanol–water partition coefficient (Wildman–Crippen LogP) is 2.04. The molecule has 138 valence electrons. The molecule has 1 saturated heterocycles. The Kier molecular flexibility index (Phi) is 6.45. The quantitative estimate of drug-likeness (QED) is 0.828. The minimum Gasteiger partial charge on any atom is -0.376 e. The SMILES string of the molecule is CC1CN(Cc2cccc(CNC(=O)C[C@@H]3CCC[C@H]3N)c2)CCO1. The van der Waals surface area contributed by atoms with Crippen molar-refractivity contribution in [2.45, 2.75) is 57.8 Å². The van der Waals surface area contributed by atoms with E-state index in [1.54, 1.807) is 0 Å². The van der Waals surface area contributed by atoms with Crippen LogP contribution in [0.15, 0.2) is 24.3 Å². The highest BCUT2D eigenvalue weighted by molar-refractivity contribution is 5.76. The van der Waals surface area contributed by atoms with Crippen LogP contribution < -0.4 is 11.1 Å². The smallest absolute Gasteiger partial charge is 0.220 e. The van der Waals surface area contributed by atoms with Gasteiger partial charge in [-0.3, -0.25) is 9.69 Å². The zero-order chi connectivity index (χ0) is 17.6. The summed E-state index contributed by atoms with van der Waals surface area (Å²) in [6.07, 6.45) is 4.16. The molecule has 1 amide bonds. The Balaban J connectivity index is 1.47. The van der Waals surface area contributed by atoms with E-state index in [1.165, 1.54) is 5.56 Å². The van der Waals surface area contributed by atoms with E-state index in [0.29, 0.717) is 25.0 Å². The maximum atomic E-state index is 12.2. The number of hydrogen-bond donors (Lipinski definition) is 2. The Bertz CT molecular complexity index is 578. The Morgan fingerprint density at radius 2 is 2.20 bits per heavy atom. The van der Waals surface area contributed by atoms with Crippen LogP contribution >= 0.6 is 0 Å². The van der Waals surface area contributed by atoms with Crippen molar-refractivity contribution >= 4 is 5.91 Å². The molecule has 1 unspecified atom stereocenters. The molecule has 0 aromatic heterocycles. The highest BCUT2D eigenvalue weighted by atomic mass is 16.5. The molecule has 2 aliphatic rings. The molecular formula is C20H31N3O2. The Labute approximate surface area is 150 Å². The number of hydrogen-bond acceptors (Lipinski definition) is 4. The van der Waals surface area contributed by atoms with E-state index in [4.69, 9.17) is 10.5 Å². The number of nitrogens with two attached hydrogens (primary N) is 1. The highest BCUT2D eigenvalue weighted by Crippen LogP contribution is 2.26. The van der Waals surface area contributed by atoms with Crippen molar-refractivity contribution in [3.63, 3.8) is 0 Å². The van der Waals surface area contributed by atoms with Gasteiger partial charge in [-0.1, -0.05) is 30.7 Å². The summed E-state index contributed by atoms with van der Waals surface area (Å²) in [6.45, 7) is 6.41. The Morgan fingerprint density at radius 3 is 2.96 bits per heavy atom. The number of amides is 1. The van der Waals surface area contributed by atoms with Gasteiger partial charge in [0.25, 0.3) is 0 Å². The van der Waals surface area contributed by atoms with Crippen LogP contribution in [0.2, 0.25) is 0 Å². The van der Waals surface area contributed by atoms with Crippen LogP contribution in [0.25, 0.3) is 0 Å². The van der Waals surface area contributed by atoms with E-state index in [2.05, 4.69) is 41.4 Å². The lowest BCUT2D eigenvalue weighted by atomic mass is 10.00. The fraction of sp³-hybridized carbons (Fsp3) is 0.650. The van der Waals surface area contributed by atoms with E-state index in [-0.39, 0.29) is 11.9 Å². The second-order valence-electron chi connectivity index (χ2n) is 7.57. The molecule has 0 bridgehead atoms. The van der Waals surface area contributed by atoms with E-state index in [1.807, 2.05) is 0 Å². The number of benzene rings is 1. The zero-order valence-corrected chi connectivity index (χ0v) is 15.2. The molecule has 5 heteroatoms. The Morgan fingerprint density at radius 1 is 1.36 bits per heavy atom. The first-order valence-corrected chi connectivity index (χ1v) is 9.54. The summed E-state index contributed by atoms with van der Waals surface area (Å²) in [5, 5.41) is 3.06. The van der Waals surface area contributed by atoms with Crippen LogP contribution in [0.4, 0.5) is 0 Å². The fourth-order valence-electron chi connectivity index (χ4n) is 3.96. The normalized spacial score (nSPS) is 27.4. The summed E-state index contributed by atoms with van der Waals surface area (Å²) in [7, 11) is 0. The topological polar surface area (TPSA) is 67.6 Å². The molecule has 25 heavy (non-hydrogen) atoms. The number of morpholine rings is 1. The van der Waals surface area contributed by atoms with Gasteiger partial charge in [0.1, 0.15) is 0 Å². The molecule has 1 aliphatic carbocycles. The average Bonchev–Trinajstić information content (AvgIpc) is 2.98. The molecule has 3 atom stereocenters. The number of carbonyl (C=O) groups is 1. The van der Waals surface area contributed by atoms with Crippen molar-refractivity contribution in [3.05, 3.63) is 35.4 Å². The summed E-state index contributed by atoms with van der Waals surface area (Å²) in [5.74, 6) is 0.476. The molecule has 3 N–H and O–H groups in total. The van der Waals surface area contributed by atoms with Crippen LogP contribution in [-0.2, 0) is 22.6 Å². The molecule has 1 saturated carbocycles. The zero-order valence-electron chi connectivity index (χ0n) is 15.2. The average molecular weight is 345 g/mol. The maximum absolute atomic E-state index is 12.2. The lowest BCUT2D eigenvalue weighted by Gasteiger charge is -2.31. The third-order valence-corrected chi connectivity index (χ3v) is 5.38. The minimum absolute atomic E-state index is 0.120. The molecule has 1 aromatic rings. The lowest BCUT2D eigenvalue weighted by Crippen LogP contribution is -2.40. The second kappa shape index (κ2) is 8.79. The largest absolute Gasteiger partial charge is 0.376 e. The van der Waals surface area contributed by atoms with Crippen molar-refractivity contribution < 1.29 is 9.53 Å². The second-order valence-corrected chi connectivity index (χ2v) is 7.57. The van der Waals surface area contributed by atoms with Crippen LogP contribution in [0.3, 0.4) is 0 Å². The van der Waals surface area contributed by atoms with Gasteiger partial charge in [0.15, 0.2) is 0 Å². The van der Waals surface area contributed by atoms with Gasteiger partial charge in [0, 0.05) is 38.6 Å². The number of carbonyl (C=O) groups excluding carboxylic acids is 1. The molecular weight excluding hydrogens is 314 g/mol. The van der Waals surface area contributed by atoms with E-state index in [9.17, 15) is 4.79 Å². The third kappa shape index (κ3) is 5.53. The van der Waals surface area contributed by atoms with E-state index < -0.39 is 0 Å². The van der Waals surface area contributed by atoms with Crippen LogP contribution in [-0.4, -0.2) is 42.6 Å². The number of rotatable bonds is 6. The molecule has 0 radical (unpaired) electrons. The third-order valence-electron chi connectivity index (χ3n) is 5.38. The first kappa shape index (κ1) is 18.4. The fourth-order valence-corrected chi connectivity index (χ4v) is 3.96. The van der Waals surface area contributed by atoms with Crippen LogP contribution in [0.1, 0.15) is 43.7 Å². The molecule has 1 heterocycles. The van der Waals surface area contributed by atoms with Crippen molar-refractivity contribution in [3.8, 4) is 0 Å².